The molecule has 0 aliphatic rings. The number of pyridine rings is 1. The molecular weight excluding hydrogens is 236 g/mol. The Balaban J connectivity index is 2.74. The largest absolute Gasteiger partial charge is 0.497 e. The van der Waals surface area contributed by atoms with Gasteiger partial charge in [0, 0.05) is 33.9 Å². The molecule has 0 spiro atoms. The van der Waals surface area contributed by atoms with Crippen LogP contribution < -0.4 is 10.5 Å². The number of nitrogens with zero attached hydrogens (tertiary/aromatic N) is 1. The fourth-order valence-electron chi connectivity index (χ4n) is 1.55. The van der Waals surface area contributed by atoms with E-state index in [0.29, 0.717) is 12.3 Å². The number of rotatable bonds is 6. The first-order valence-electron chi connectivity index (χ1n) is 5.65. The summed E-state index contributed by atoms with van der Waals surface area (Å²) in [6, 6.07) is 3.69. The first-order valence-corrected chi connectivity index (χ1v) is 7.03. The van der Waals surface area contributed by atoms with Crippen molar-refractivity contribution >= 4 is 10.8 Å². The molecule has 5 heteroatoms. The monoisotopic (exact) mass is 256 g/mol. The van der Waals surface area contributed by atoms with Gasteiger partial charge >= 0.3 is 0 Å². The molecule has 0 radical (unpaired) electrons. The van der Waals surface area contributed by atoms with Crippen molar-refractivity contribution in [1.82, 2.24) is 4.98 Å². The van der Waals surface area contributed by atoms with E-state index in [0.717, 1.165) is 23.6 Å². The molecule has 0 saturated carbocycles. The molecule has 1 rings (SSSR count). The quantitative estimate of drug-likeness (QED) is 0.835. The van der Waals surface area contributed by atoms with Crippen LogP contribution in [0.25, 0.3) is 0 Å². The molecule has 4 nitrogen and oxygen atoms in total. The highest BCUT2D eigenvalue weighted by molar-refractivity contribution is 7.84. The highest BCUT2D eigenvalue weighted by Crippen LogP contribution is 2.16. The van der Waals surface area contributed by atoms with Crippen molar-refractivity contribution in [2.75, 3.05) is 13.7 Å². The van der Waals surface area contributed by atoms with Crippen LogP contribution in [0.4, 0.5) is 0 Å². The maximum atomic E-state index is 12.0. The molecule has 0 aromatic carbocycles. The SMILES string of the molecule is COc1cc(C)nc(CS(=O)C(C)CCN)c1. The van der Waals surface area contributed by atoms with E-state index in [9.17, 15) is 4.21 Å². The summed E-state index contributed by atoms with van der Waals surface area (Å²) in [4.78, 5) is 4.36. The molecule has 1 aromatic heterocycles. The topological polar surface area (TPSA) is 65.2 Å². The fourth-order valence-corrected chi connectivity index (χ4v) is 2.67. The van der Waals surface area contributed by atoms with Crippen LogP contribution in [0.3, 0.4) is 0 Å². The van der Waals surface area contributed by atoms with Crippen molar-refractivity contribution in [3.05, 3.63) is 23.5 Å². The summed E-state index contributed by atoms with van der Waals surface area (Å²) in [7, 11) is 0.685. The molecule has 96 valence electrons. The summed E-state index contributed by atoms with van der Waals surface area (Å²) in [6.07, 6.45) is 0.773. The van der Waals surface area contributed by atoms with Crippen LogP contribution in [0.15, 0.2) is 12.1 Å². The molecule has 0 saturated heterocycles. The molecule has 2 N–H and O–H groups in total. The highest BCUT2D eigenvalue weighted by Gasteiger charge is 2.12. The summed E-state index contributed by atoms with van der Waals surface area (Å²) in [5.74, 6) is 1.22. The van der Waals surface area contributed by atoms with Crippen molar-refractivity contribution in [3.63, 3.8) is 0 Å². The Morgan fingerprint density at radius 1 is 1.53 bits per heavy atom. The number of nitrogens with two attached hydrogens (primary N) is 1. The minimum atomic E-state index is -0.932. The number of methoxy groups -OCH3 is 1. The van der Waals surface area contributed by atoms with Gasteiger partial charge in [-0.1, -0.05) is 6.92 Å². The van der Waals surface area contributed by atoms with Crippen LogP contribution >= 0.6 is 0 Å². The number of hydrogen-bond acceptors (Lipinski definition) is 4. The van der Waals surface area contributed by atoms with Gasteiger partial charge in [0.15, 0.2) is 0 Å². The van der Waals surface area contributed by atoms with Gasteiger partial charge < -0.3 is 10.5 Å². The molecular formula is C12H20N2O2S. The number of aromatic nitrogens is 1. The Bertz CT molecular complexity index is 396. The maximum absolute atomic E-state index is 12.0. The Kier molecular flexibility index (Phi) is 5.58. The van der Waals surface area contributed by atoms with E-state index in [2.05, 4.69) is 4.98 Å². The third-order valence-corrected chi connectivity index (χ3v) is 4.24. The Hall–Kier alpha value is -0.940. The summed E-state index contributed by atoms with van der Waals surface area (Å²) < 4.78 is 17.2. The van der Waals surface area contributed by atoms with E-state index in [1.165, 1.54) is 0 Å². The highest BCUT2D eigenvalue weighted by atomic mass is 32.2. The third kappa shape index (κ3) is 4.44. The molecule has 0 aliphatic heterocycles. The molecule has 0 amide bonds. The van der Waals surface area contributed by atoms with Crippen LogP contribution in [0.2, 0.25) is 0 Å². The van der Waals surface area contributed by atoms with Crippen LogP contribution in [0.1, 0.15) is 24.7 Å². The number of hydrogen-bond donors (Lipinski definition) is 1. The first kappa shape index (κ1) is 14.1. The molecule has 17 heavy (non-hydrogen) atoms. The lowest BCUT2D eigenvalue weighted by Crippen LogP contribution is -2.17. The zero-order chi connectivity index (χ0) is 12.8. The summed E-state index contributed by atoms with van der Waals surface area (Å²) in [5.41, 5.74) is 7.15. The van der Waals surface area contributed by atoms with E-state index in [-0.39, 0.29) is 5.25 Å². The van der Waals surface area contributed by atoms with Crippen LogP contribution in [-0.2, 0) is 16.6 Å². The second-order valence-corrected chi connectivity index (χ2v) is 5.91. The molecule has 0 bridgehead atoms. The lowest BCUT2D eigenvalue weighted by molar-refractivity contribution is 0.413. The van der Waals surface area contributed by atoms with Gasteiger partial charge in [-0.3, -0.25) is 9.19 Å². The fraction of sp³-hybridized carbons (Fsp3) is 0.583. The van der Waals surface area contributed by atoms with Crippen molar-refractivity contribution in [2.45, 2.75) is 31.3 Å². The minimum absolute atomic E-state index is 0.105. The smallest absolute Gasteiger partial charge is 0.122 e. The zero-order valence-corrected chi connectivity index (χ0v) is 11.4. The van der Waals surface area contributed by atoms with Gasteiger partial charge in [0.1, 0.15) is 5.75 Å². The maximum Gasteiger partial charge on any atom is 0.122 e. The van der Waals surface area contributed by atoms with Gasteiger partial charge in [-0.2, -0.15) is 0 Å². The minimum Gasteiger partial charge on any atom is -0.497 e. The predicted octanol–water partition coefficient (Wildman–Crippen LogP) is 1.38. The lowest BCUT2D eigenvalue weighted by Gasteiger charge is -2.10. The average molecular weight is 256 g/mol. The van der Waals surface area contributed by atoms with E-state index in [1.54, 1.807) is 7.11 Å². The Labute approximate surface area is 105 Å². The number of aryl methyl sites for hydroxylation is 1. The van der Waals surface area contributed by atoms with Crippen LogP contribution in [-0.4, -0.2) is 28.1 Å². The summed E-state index contributed by atoms with van der Waals surface area (Å²) in [5, 5.41) is 0.105. The lowest BCUT2D eigenvalue weighted by atomic mass is 10.3. The molecule has 2 unspecified atom stereocenters. The van der Waals surface area contributed by atoms with E-state index < -0.39 is 10.8 Å². The van der Waals surface area contributed by atoms with Gasteiger partial charge in [-0.05, 0) is 19.9 Å². The molecule has 0 fully saturated rings. The van der Waals surface area contributed by atoms with Gasteiger partial charge in [-0.25, -0.2) is 0 Å². The molecule has 0 aliphatic carbocycles. The second kappa shape index (κ2) is 6.71. The van der Waals surface area contributed by atoms with Gasteiger partial charge in [0.05, 0.1) is 18.6 Å². The van der Waals surface area contributed by atoms with E-state index in [1.807, 2.05) is 26.0 Å². The normalized spacial score (nSPS) is 14.4. The summed E-state index contributed by atoms with van der Waals surface area (Å²) in [6.45, 7) is 4.42. The first-order chi connectivity index (χ1) is 8.06. The molecule has 1 aromatic rings. The van der Waals surface area contributed by atoms with Crippen molar-refractivity contribution < 1.29 is 8.95 Å². The Morgan fingerprint density at radius 2 is 2.24 bits per heavy atom. The van der Waals surface area contributed by atoms with Crippen molar-refractivity contribution in [1.29, 1.82) is 0 Å². The van der Waals surface area contributed by atoms with Crippen LogP contribution in [0, 0.1) is 6.92 Å². The molecule has 2 atom stereocenters. The number of ether oxygens (including phenoxy) is 1. The second-order valence-electron chi connectivity index (χ2n) is 4.05. The molecule has 1 heterocycles. The average Bonchev–Trinajstić information content (AvgIpc) is 2.28. The predicted molar refractivity (Wildman–Crippen MR) is 70.5 cm³/mol. The van der Waals surface area contributed by atoms with E-state index in [4.69, 9.17) is 10.5 Å². The zero-order valence-electron chi connectivity index (χ0n) is 10.6. The van der Waals surface area contributed by atoms with Crippen molar-refractivity contribution in [2.24, 2.45) is 5.73 Å². The van der Waals surface area contributed by atoms with Crippen molar-refractivity contribution in [3.8, 4) is 5.75 Å². The van der Waals surface area contributed by atoms with Gasteiger partial charge in [-0.15, -0.1) is 0 Å². The van der Waals surface area contributed by atoms with Gasteiger partial charge in [0.2, 0.25) is 0 Å². The summed E-state index contributed by atoms with van der Waals surface area (Å²) >= 11 is 0. The van der Waals surface area contributed by atoms with E-state index >= 15 is 0 Å². The van der Waals surface area contributed by atoms with Crippen LogP contribution in [0.5, 0.6) is 5.75 Å². The third-order valence-electron chi connectivity index (χ3n) is 2.53. The Morgan fingerprint density at radius 3 is 2.82 bits per heavy atom. The standard InChI is InChI=1S/C12H20N2O2S/c1-9-6-12(16-3)7-11(14-9)8-17(15)10(2)4-5-13/h6-7,10H,4-5,8,13H2,1-3H3. The van der Waals surface area contributed by atoms with Gasteiger partial charge in [0.25, 0.3) is 0 Å².